The van der Waals surface area contributed by atoms with Gasteiger partial charge in [-0.15, -0.1) is 0 Å². The number of amides is 1. The molecule has 0 aliphatic carbocycles. The first-order chi connectivity index (χ1) is 12.5. The summed E-state index contributed by atoms with van der Waals surface area (Å²) in [7, 11) is 0. The predicted molar refractivity (Wildman–Crippen MR) is 110 cm³/mol. The summed E-state index contributed by atoms with van der Waals surface area (Å²) in [5, 5.41) is 0. The van der Waals surface area contributed by atoms with E-state index in [0.717, 1.165) is 11.3 Å². The van der Waals surface area contributed by atoms with Crippen molar-refractivity contribution in [1.29, 1.82) is 0 Å². The fourth-order valence-corrected chi connectivity index (χ4v) is 3.83. The number of carbonyl (C=O) groups excluding carboxylic acids is 2. The van der Waals surface area contributed by atoms with Crippen molar-refractivity contribution < 1.29 is 14.3 Å². The summed E-state index contributed by atoms with van der Waals surface area (Å²) in [5.74, 6) is 0.551. The first-order valence-electron chi connectivity index (χ1n) is 8.11. The maximum Gasteiger partial charge on any atom is 0.270 e. The lowest BCUT2D eigenvalue weighted by molar-refractivity contribution is -0.113. The van der Waals surface area contributed by atoms with Crippen LogP contribution in [0.3, 0.4) is 0 Å². The Kier molecular flexibility index (Phi) is 5.54. The van der Waals surface area contributed by atoms with Gasteiger partial charge in [-0.2, -0.15) is 0 Å². The highest BCUT2D eigenvalue weighted by Gasteiger charge is 2.33. The fourth-order valence-electron chi connectivity index (χ4n) is 2.53. The Morgan fingerprint density at radius 1 is 1.23 bits per heavy atom. The van der Waals surface area contributed by atoms with E-state index in [-0.39, 0.29) is 11.7 Å². The molecule has 1 aliphatic heterocycles. The molecule has 0 atom stereocenters. The Morgan fingerprint density at radius 3 is 2.62 bits per heavy atom. The van der Waals surface area contributed by atoms with Gasteiger partial charge in [-0.05, 0) is 49.8 Å². The third-order valence-electron chi connectivity index (χ3n) is 3.79. The van der Waals surface area contributed by atoms with E-state index in [0.29, 0.717) is 27.1 Å². The third kappa shape index (κ3) is 3.86. The summed E-state index contributed by atoms with van der Waals surface area (Å²) in [6.07, 6.45) is 1.81. The minimum absolute atomic E-state index is 0.0535. The van der Waals surface area contributed by atoms with Crippen molar-refractivity contribution in [1.82, 2.24) is 0 Å². The molecule has 0 saturated carbocycles. The van der Waals surface area contributed by atoms with Gasteiger partial charge in [0.05, 0.1) is 17.2 Å². The van der Waals surface area contributed by atoms with Crippen molar-refractivity contribution in [3.05, 3.63) is 64.6 Å². The van der Waals surface area contributed by atoms with E-state index >= 15 is 0 Å². The topological polar surface area (TPSA) is 46.6 Å². The van der Waals surface area contributed by atoms with Crippen LogP contribution in [0, 0.1) is 0 Å². The molecule has 1 aliphatic rings. The molecule has 2 aromatic rings. The zero-order valence-electron chi connectivity index (χ0n) is 14.4. The molecule has 1 saturated heterocycles. The van der Waals surface area contributed by atoms with Crippen LogP contribution in [0.2, 0.25) is 0 Å². The molecule has 0 N–H and O–H groups in total. The van der Waals surface area contributed by atoms with Crippen LogP contribution in [0.25, 0.3) is 6.08 Å². The lowest BCUT2D eigenvalue weighted by Gasteiger charge is -2.15. The molecule has 1 heterocycles. The summed E-state index contributed by atoms with van der Waals surface area (Å²) < 4.78 is 5.88. The molecule has 1 fully saturated rings. The molecule has 1 amide bonds. The van der Waals surface area contributed by atoms with Gasteiger partial charge in [0.1, 0.15) is 5.75 Å². The molecule has 0 spiro atoms. The summed E-state index contributed by atoms with van der Waals surface area (Å²) in [4.78, 5) is 26.4. The highest BCUT2D eigenvalue weighted by atomic mass is 32.2. The van der Waals surface area contributed by atoms with E-state index in [1.54, 1.807) is 24.3 Å². The van der Waals surface area contributed by atoms with Crippen molar-refractivity contribution in [2.24, 2.45) is 0 Å². The van der Waals surface area contributed by atoms with Gasteiger partial charge in [-0.25, -0.2) is 0 Å². The van der Waals surface area contributed by atoms with Crippen LogP contribution in [0.15, 0.2) is 53.4 Å². The number of thioether (sulfide) groups is 1. The van der Waals surface area contributed by atoms with Gasteiger partial charge in [0.25, 0.3) is 5.91 Å². The standard InChI is InChI=1S/C20H17NO3S2/c1-3-24-17-9-7-14(8-10-17)11-18-19(23)21(20(25)26-18)16-6-4-5-15(12-16)13(2)22/h4-12H,3H2,1-2H3. The van der Waals surface area contributed by atoms with Crippen LogP contribution >= 0.6 is 24.0 Å². The monoisotopic (exact) mass is 383 g/mol. The molecule has 2 aromatic carbocycles. The van der Waals surface area contributed by atoms with E-state index in [1.165, 1.54) is 23.6 Å². The number of benzene rings is 2. The Labute approximate surface area is 161 Å². The van der Waals surface area contributed by atoms with E-state index in [4.69, 9.17) is 17.0 Å². The summed E-state index contributed by atoms with van der Waals surface area (Å²) in [5.41, 5.74) is 2.05. The Balaban J connectivity index is 1.86. The van der Waals surface area contributed by atoms with Gasteiger partial charge in [-0.1, -0.05) is 48.2 Å². The first-order valence-corrected chi connectivity index (χ1v) is 9.34. The molecular formula is C20H17NO3S2. The molecule has 0 radical (unpaired) electrons. The Hall–Kier alpha value is -2.44. The van der Waals surface area contributed by atoms with Crippen LogP contribution in [-0.4, -0.2) is 22.6 Å². The second kappa shape index (κ2) is 7.85. The van der Waals surface area contributed by atoms with Crippen LogP contribution in [0.1, 0.15) is 29.8 Å². The number of Topliss-reactive ketones (excluding diaryl/α,β-unsaturated/α-hetero) is 1. The molecule has 0 aromatic heterocycles. The first kappa shape index (κ1) is 18.4. The minimum atomic E-state index is -0.186. The van der Waals surface area contributed by atoms with E-state index in [2.05, 4.69) is 0 Å². The SMILES string of the molecule is CCOc1ccc(C=C2SC(=S)N(c3cccc(C(C)=O)c3)C2=O)cc1. The zero-order chi connectivity index (χ0) is 18.7. The predicted octanol–water partition coefficient (Wildman–Crippen LogP) is 4.69. The third-order valence-corrected chi connectivity index (χ3v) is 5.10. The highest BCUT2D eigenvalue weighted by Crippen LogP contribution is 2.36. The van der Waals surface area contributed by atoms with Gasteiger partial charge < -0.3 is 4.74 Å². The molecule has 4 nitrogen and oxygen atoms in total. The number of ketones is 1. The Morgan fingerprint density at radius 2 is 1.96 bits per heavy atom. The van der Waals surface area contributed by atoms with E-state index < -0.39 is 0 Å². The van der Waals surface area contributed by atoms with Crippen molar-refractivity contribution in [3.63, 3.8) is 0 Å². The molecule has 0 unspecified atom stereocenters. The number of carbonyl (C=O) groups is 2. The lowest BCUT2D eigenvalue weighted by Crippen LogP contribution is -2.27. The van der Waals surface area contributed by atoms with Gasteiger partial charge in [-0.3, -0.25) is 14.5 Å². The van der Waals surface area contributed by atoms with Crippen molar-refractivity contribution in [3.8, 4) is 5.75 Å². The highest BCUT2D eigenvalue weighted by molar-refractivity contribution is 8.27. The fraction of sp³-hybridized carbons (Fsp3) is 0.150. The molecular weight excluding hydrogens is 366 g/mol. The number of anilines is 1. The van der Waals surface area contributed by atoms with Gasteiger partial charge in [0.15, 0.2) is 10.1 Å². The van der Waals surface area contributed by atoms with Gasteiger partial charge in [0, 0.05) is 5.56 Å². The second-order valence-electron chi connectivity index (χ2n) is 5.63. The second-order valence-corrected chi connectivity index (χ2v) is 7.30. The van der Waals surface area contributed by atoms with E-state index in [1.807, 2.05) is 37.3 Å². The summed E-state index contributed by atoms with van der Waals surface area (Å²) in [6.45, 7) is 4.03. The molecule has 0 bridgehead atoms. The number of nitrogens with zero attached hydrogens (tertiary/aromatic N) is 1. The average Bonchev–Trinajstić information content (AvgIpc) is 2.90. The Bertz CT molecular complexity index is 904. The number of hydrogen-bond donors (Lipinski definition) is 0. The number of hydrogen-bond acceptors (Lipinski definition) is 5. The van der Waals surface area contributed by atoms with Crippen molar-refractivity contribution >= 4 is 51.8 Å². The van der Waals surface area contributed by atoms with Gasteiger partial charge in [0.2, 0.25) is 0 Å². The van der Waals surface area contributed by atoms with Crippen LogP contribution < -0.4 is 9.64 Å². The van der Waals surface area contributed by atoms with Crippen LogP contribution in [0.5, 0.6) is 5.75 Å². The molecule has 26 heavy (non-hydrogen) atoms. The number of thiocarbonyl (C=S) groups is 1. The number of ether oxygens (including phenoxy) is 1. The molecule has 132 valence electrons. The summed E-state index contributed by atoms with van der Waals surface area (Å²) >= 11 is 6.63. The zero-order valence-corrected chi connectivity index (χ0v) is 16.0. The minimum Gasteiger partial charge on any atom is -0.494 e. The maximum absolute atomic E-state index is 12.8. The lowest BCUT2D eigenvalue weighted by atomic mass is 10.1. The average molecular weight is 383 g/mol. The quantitative estimate of drug-likeness (QED) is 0.426. The van der Waals surface area contributed by atoms with Crippen LogP contribution in [-0.2, 0) is 4.79 Å². The molecule has 6 heteroatoms. The van der Waals surface area contributed by atoms with Crippen molar-refractivity contribution in [2.45, 2.75) is 13.8 Å². The summed E-state index contributed by atoms with van der Waals surface area (Å²) in [6, 6.07) is 14.5. The normalized spacial score (nSPS) is 15.6. The van der Waals surface area contributed by atoms with Crippen LogP contribution in [0.4, 0.5) is 5.69 Å². The van der Waals surface area contributed by atoms with Gasteiger partial charge >= 0.3 is 0 Å². The maximum atomic E-state index is 12.8. The largest absolute Gasteiger partial charge is 0.494 e. The smallest absolute Gasteiger partial charge is 0.270 e. The van der Waals surface area contributed by atoms with E-state index in [9.17, 15) is 9.59 Å². The molecule has 3 rings (SSSR count). The van der Waals surface area contributed by atoms with Crippen molar-refractivity contribution in [2.75, 3.05) is 11.5 Å². The number of rotatable bonds is 5.